The standard InChI is InChI=1S/C12H11ClN6/c13-11-4-3-10(19-8-16-17-18-19)6-12(11)15-7-9-2-1-5-14-9/h1-6,8,14-15H,7H2. The molecule has 2 N–H and O–H groups in total. The Bertz CT molecular complexity index is 647. The minimum Gasteiger partial charge on any atom is -0.378 e. The first-order valence-corrected chi connectivity index (χ1v) is 6.10. The van der Waals surface area contributed by atoms with Crippen molar-refractivity contribution in [1.82, 2.24) is 25.2 Å². The topological polar surface area (TPSA) is 71.4 Å². The molecule has 0 atom stereocenters. The number of aromatic amines is 1. The number of rotatable bonds is 4. The summed E-state index contributed by atoms with van der Waals surface area (Å²) in [7, 11) is 0. The second-order valence-corrected chi connectivity index (χ2v) is 4.37. The van der Waals surface area contributed by atoms with Gasteiger partial charge >= 0.3 is 0 Å². The molecule has 96 valence electrons. The maximum absolute atomic E-state index is 6.16. The van der Waals surface area contributed by atoms with Gasteiger partial charge in [-0.2, -0.15) is 0 Å². The molecule has 1 aromatic carbocycles. The lowest BCUT2D eigenvalue weighted by molar-refractivity contribution is 0.789. The number of anilines is 1. The minimum absolute atomic E-state index is 0.656. The molecular formula is C12H11ClN6. The summed E-state index contributed by atoms with van der Waals surface area (Å²) in [6.07, 6.45) is 3.42. The molecule has 3 aromatic rings. The smallest absolute Gasteiger partial charge is 0.143 e. The van der Waals surface area contributed by atoms with E-state index in [1.54, 1.807) is 4.68 Å². The van der Waals surface area contributed by atoms with E-state index in [9.17, 15) is 0 Å². The van der Waals surface area contributed by atoms with Crippen LogP contribution in [-0.2, 0) is 6.54 Å². The molecule has 6 nitrogen and oxygen atoms in total. The van der Waals surface area contributed by atoms with Crippen LogP contribution in [-0.4, -0.2) is 25.2 Å². The van der Waals surface area contributed by atoms with Gasteiger partial charge in [-0.05, 0) is 40.8 Å². The van der Waals surface area contributed by atoms with Crippen LogP contribution in [0.25, 0.3) is 5.69 Å². The Labute approximate surface area is 114 Å². The highest BCUT2D eigenvalue weighted by Gasteiger charge is 2.04. The van der Waals surface area contributed by atoms with Crippen LogP contribution in [0.2, 0.25) is 5.02 Å². The van der Waals surface area contributed by atoms with Crippen LogP contribution in [0.4, 0.5) is 5.69 Å². The van der Waals surface area contributed by atoms with Crippen molar-refractivity contribution >= 4 is 17.3 Å². The van der Waals surface area contributed by atoms with Crippen molar-refractivity contribution in [1.29, 1.82) is 0 Å². The quantitative estimate of drug-likeness (QED) is 0.765. The summed E-state index contributed by atoms with van der Waals surface area (Å²) in [6.45, 7) is 0.672. The second-order valence-electron chi connectivity index (χ2n) is 3.97. The van der Waals surface area contributed by atoms with Gasteiger partial charge in [0.05, 0.1) is 22.9 Å². The van der Waals surface area contributed by atoms with Crippen LogP contribution in [0.1, 0.15) is 5.69 Å². The number of nitrogens with zero attached hydrogens (tertiary/aromatic N) is 4. The number of nitrogens with one attached hydrogen (secondary N) is 2. The summed E-state index contributed by atoms with van der Waals surface area (Å²) in [5.41, 5.74) is 2.77. The van der Waals surface area contributed by atoms with E-state index >= 15 is 0 Å². The Morgan fingerprint density at radius 2 is 2.26 bits per heavy atom. The van der Waals surface area contributed by atoms with Crippen molar-refractivity contribution in [3.05, 3.63) is 53.6 Å². The first-order valence-electron chi connectivity index (χ1n) is 5.72. The average molecular weight is 275 g/mol. The number of hydrogen-bond acceptors (Lipinski definition) is 4. The highest BCUT2D eigenvalue weighted by molar-refractivity contribution is 6.33. The molecule has 7 heteroatoms. The van der Waals surface area contributed by atoms with Crippen molar-refractivity contribution in [2.24, 2.45) is 0 Å². The maximum atomic E-state index is 6.16. The van der Waals surface area contributed by atoms with Gasteiger partial charge in [0.2, 0.25) is 0 Å². The molecule has 0 radical (unpaired) electrons. The average Bonchev–Trinajstić information content (AvgIpc) is 3.11. The SMILES string of the molecule is Clc1ccc(-n2cnnn2)cc1NCc1ccc[nH]1. The van der Waals surface area contributed by atoms with E-state index in [1.807, 2.05) is 36.5 Å². The van der Waals surface area contributed by atoms with E-state index in [2.05, 4.69) is 25.8 Å². The Hall–Kier alpha value is -2.34. The number of halogens is 1. The molecule has 3 rings (SSSR count). The zero-order valence-electron chi connectivity index (χ0n) is 9.92. The zero-order valence-corrected chi connectivity index (χ0v) is 10.7. The largest absolute Gasteiger partial charge is 0.378 e. The highest BCUT2D eigenvalue weighted by atomic mass is 35.5. The van der Waals surface area contributed by atoms with Gasteiger partial charge in [-0.25, -0.2) is 4.68 Å². The summed E-state index contributed by atoms with van der Waals surface area (Å²) in [4.78, 5) is 3.13. The van der Waals surface area contributed by atoms with Crippen molar-refractivity contribution < 1.29 is 0 Å². The minimum atomic E-state index is 0.656. The molecule has 0 aliphatic heterocycles. The third-order valence-electron chi connectivity index (χ3n) is 2.70. The summed E-state index contributed by atoms with van der Waals surface area (Å²) in [6, 6.07) is 9.54. The van der Waals surface area contributed by atoms with Gasteiger partial charge < -0.3 is 10.3 Å². The summed E-state index contributed by atoms with van der Waals surface area (Å²) in [5, 5.41) is 15.0. The molecule has 2 heterocycles. The Kier molecular flexibility index (Phi) is 3.16. The first-order chi connectivity index (χ1) is 9.33. The number of aromatic nitrogens is 5. The van der Waals surface area contributed by atoms with Crippen molar-refractivity contribution in [2.75, 3.05) is 5.32 Å². The molecule has 0 saturated heterocycles. The van der Waals surface area contributed by atoms with E-state index in [4.69, 9.17) is 11.6 Å². The van der Waals surface area contributed by atoms with Gasteiger partial charge in [0.1, 0.15) is 6.33 Å². The second kappa shape index (κ2) is 5.11. The van der Waals surface area contributed by atoms with Gasteiger partial charge in [-0.3, -0.25) is 0 Å². The van der Waals surface area contributed by atoms with Gasteiger partial charge in [0.25, 0.3) is 0 Å². The van der Waals surface area contributed by atoms with Crippen LogP contribution >= 0.6 is 11.6 Å². The molecule has 0 bridgehead atoms. The summed E-state index contributed by atoms with van der Waals surface area (Å²) in [5.74, 6) is 0. The molecule has 2 aromatic heterocycles. The van der Waals surface area contributed by atoms with E-state index in [0.717, 1.165) is 17.1 Å². The normalized spacial score (nSPS) is 10.6. The molecule has 0 saturated carbocycles. The lowest BCUT2D eigenvalue weighted by atomic mass is 10.2. The van der Waals surface area contributed by atoms with E-state index in [1.165, 1.54) is 6.33 Å². The third kappa shape index (κ3) is 2.58. The van der Waals surface area contributed by atoms with Crippen molar-refractivity contribution in [3.63, 3.8) is 0 Å². The molecule has 0 aliphatic carbocycles. The van der Waals surface area contributed by atoms with Crippen LogP contribution in [0.15, 0.2) is 42.9 Å². The first kappa shape index (κ1) is 11.7. The number of H-pyrrole nitrogens is 1. The Morgan fingerprint density at radius 3 is 3.00 bits per heavy atom. The molecular weight excluding hydrogens is 264 g/mol. The fourth-order valence-electron chi connectivity index (χ4n) is 1.74. The molecule has 0 amide bonds. The highest BCUT2D eigenvalue weighted by Crippen LogP contribution is 2.24. The van der Waals surface area contributed by atoms with E-state index in [-0.39, 0.29) is 0 Å². The number of benzene rings is 1. The summed E-state index contributed by atoms with van der Waals surface area (Å²) < 4.78 is 1.58. The molecule has 0 spiro atoms. The molecule has 0 unspecified atom stereocenters. The lowest BCUT2D eigenvalue weighted by Crippen LogP contribution is -2.02. The predicted octanol–water partition coefficient (Wildman–Crippen LogP) is 2.26. The van der Waals surface area contributed by atoms with E-state index in [0.29, 0.717) is 11.6 Å². The Balaban J connectivity index is 1.82. The van der Waals surface area contributed by atoms with Crippen LogP contribution in [0.5, 0.6) is 0 Å². The lowest BCUT2D eigenvalue weighted by Gasteiger charge is -2.09. The number of tetrazole rings is 1. The van der Waals surface area contributed by atoms with Crippen LogP contribution in [0, 0.1) is 0 Å². The van der Waals surface area contributed by atoms with E-state index < -0.39 is 0 Å². The Morgan fingerprint density at radius 1 is 1.32 bits per heavy atom. The monoisotopic (exact) mass is 274 g/mol. The predicted molar refractivity (Wildman–Crippen MR) is 72.3 cm³/mol. The molecule has 0 fully saturated rings. The van der Waals surface area contributed by atoms with Crippen LogP contribution in [0.3, 0.4) is 0 Å². The van der Waals surface area contributed by atoms with Crippen molar-refractivity contribution in [3.8, 4) is 5.69 Å². The zero-order chi connectivity index (χ0) is 13.1. The third-order valence-corrected chi connectivity index (χ3v) is 3.02. The number of hydrogen-bond donors (Lipinski definition) is 2. The van der Waals surface area contributed by atoms with Gasteiger partial charge in [0, 0.05) is 11.9 Å². The fourth-order valence-corrected chi connectivity index (χ4v) is 1.92. The molecule has 19 heavy (non-hydrogen) atoms. The van der Waals surface area contributed by atoms with Gasteiger partial charge in [-0.15, -0.1) is 5.10 Å². The fraction of sp³-hybridized carbons (Fsp3) is 0.0833. The van der Waals surface area contributed by atoms with Crippen LogP contribution < -0.4 is 5.32 Å². The van der Waals surface area contributed by atoms with Crippen molar-refractivity contribution in [2.45, 2.75) is 6.54 Å². The maximum Gasteiger partial charge on any atom is 0.143 e. The summed E-state index contributed by atoms with van der Waals surface area (Å²) >= 11 is 6.16. The van der Waals surface area contributed by atoms with Gasteiger partial charge in [-0.1, -0.05) is 11.6 Å². The molecule has 0 aliphatic rings. The van der Waals surface area contributed by atoms with Gasteiger partial charge in [0.15, 0.2) is 0 Å².